The molecule has 0 saturated carbocycles. The molecular formula is C7H13NO4. The fourth-order valence-corrected chi connectivity index (χ4v) is 1.22. The van der Waals surface area contributed by atoms with Crippen molar-refractivity contribution in [1.29, 1.82) is 0 Å². The standard InChI is InChI=1S/C7H13NO4/c8-4-1-3(2-9)5(10)7(12)6(4)11/h1,4-7,9-12H,2,8H2/t4?,5-,6-,7+/m0/s1. The lowest BCUT2D eigenvalue weighted by molar-refractivity contribution is -0.0596. The smallest absolute Gasteiger partial charge is 0.111 e. The Morgan fingerprint density at radius 3 is 2.33 bits per heavy atom. The molecule has 0 bridgehead atoms. The van der Waals surface area contributed by atoms with Crippen molar-refractivity contribution in [2.24, 2.45) is 5.73 Å². The zero-order valence-corrected chi connectivity index (χ0v) is 6.46. The van der Waals surface area contributed by atoms with Gasteiger partial charge in [0.25, 0.3) is 0 Å². The molecule has 0 heterocycles. The van der Waals surface area contributed by atoms with E-state index in [1.807, 2.05) is 0 Å². The Morgan fingerprint density at radius 1 is 1.25 bits per heavy atom. The third-order valence-electron chi connectivity index (χ3n) is 2.04. The number of aliphatic hydroxyl groups excluding tert-OH is 4. The molecule has 0 aromatic carbocycles. The van der Waals surface area contributed by atoms with E-state index in [0.717, 1.165) is 0 Å². The average molecular weight is 175 g/mol. The highest BCUT2D eigenvalue weighted by atomic mass is 16.4. The Bertz CT molecular complexity index is 194. The van der Waals surface area contributed by atoms with Crippen LogP contribution in [0, 0.1) is 0 Å². The van der Waals surface area contributed by atoms with Gasteiger partial charge in [0.15, 0.2) is 0 Å². The SMILES string of the molecule is NC1C=C(CO)[C@H](O)[C@@H](O)[C@H]1O. The van der Waals surface area contributed by atoms with Gasteiger partial charge in [-0.05, 0) is 5.57 Å². The van der Waals surface area contributed by atoms with E-state index in [2.05, 4.69) is 0 Å². The van der Waals surface area contributed by atoms with E-state index in [0.29, 0.717) is 0 Å². The van der Waals surface area contributed by atoms with Crippen molar-refractivity contribution in [3.05, 3.63) is 11.6 Å². The summed E-state index contributed by atoms with van der Waals surface area (Å²) in [4.78, 5) is 0. The molecule has 1 aliphatic carbocycles. The van der Waals surface area contributed by atoms with Gasteiger partial charge >= 0.3 is 0 Å². The first-order valence-electron chi connectivity index (χ1n) is 3.69. The number of hydrogen-bond donors (Lipinski definition) is 5. The second-order valence-corrected chi connectivity index (χ2v) is 2.90. The molecule has 0 radical (unpaired) electrons. The van der Waals surface area contributed by atoms with Crippen molar-refractivity contribution in [2.75, 3.05) is 6.61 Å². The molecule has 5 heteroatoms. The van der Waals surface area contributed by atoms with Crippen molar-refractivity contribution < 1.29 is 20.4 Å². The van der Waals surface area contributed by atoms with Crippen LogP contribution in [0.5, 0.6) is 0 Å². The van der Waals surface area contributed by atoms with Crippen molar-refractivity contribution in [3.63, 3.8) is 0 Å². The van der Waals surface area contributed by atoms with E-state index < -0.39 is 24.4 Å². The molecule has 1 aliphatic rings. The average Bonchev–Trinajstić information content (AvgIpc) is 2.08. The molecule has 1 rings (SSSR count). The van der Waals surface area contributed by atoms with Crippen molar-refractivity contribution in [3.8, 4) is 0 Å². The van der Waals surface area contributed by atoms with Crippen LogP contribution in [0.15, 0.2) is 11.6 Å². The predicted molar refractivity (Wildman–Crippen MR) is 41.2 cm³/mol. The van der Waals surface area contributed by atoms with Crippen molar-refractivity contribution >= 4 is 0 Å². The minimum atomic E-state index is -1.31. The van der Waals surface area contributed by atoms with Crippen LogP contribution in [-0.2, 0) is 0 Å². The molecule has 12 heavy (non-hydrogen) atoms. The minimum Gasteiger partial charge on any atom is -0.392 e. The highest BCUT2D eigenvalue weighted by Gasteiger charge is 2.34. The number of aliphatic hydroxyl groups is 4. The molecule has 0 spiro atoms. The molecule has 0 aromatic rings. The van der Waals surface area contributed by atoms with E-state index in [9.17, 15) is 10.2 Å². The van der Waals surface area contributed by atoms with Crippen LogP contribution in [-0.4, -0.2) is 51.4 Å². The normalized spacial score (nSPS) is 42.6. The first kappa shape index (κ1) is 9.63. The Morgan fingerprint density at radius 2 is 1.83 bits per heavy atom. The van der Waals surface area contributed by atoms with Gasteiger partial charge in [-0.25, -0.2) is 0 Å². The zero-order valence-electron chi connectivity index (χ0n) is 6.46. The van der Waals surface area contributed by atoms with Gasteiger partial charge in [0, 0.05) is 0 Å². The van der Waals surface area contributed by atoms with Crippen LogP contribution in [0.1, 0.15) is 0 Å². The van der Waals surface area contributed by atoms with Gasteiger partial charge in [-0.2, -0.15) is 0 Å². The molecule has 70 valence electrons. The largest absolute Gasteiger partial charge is 0.392 e. The lowest BCUT2D eigenvalue weighted by atomic mass is 9.89. The summed E-state index contributed by atoms with van der Waals surface area (Å²) in [7, 11) is 0. The predicted octanol–water partition coefficient (Wildman–Crippen LogP) is -2.67. The summed E-state index contributed by atoms with van der Waals surface area (Å²) in [5.41, 5.74) is 5.64. The summed E-state index contributed by atoms with van der Waals surface area (Å²) in [6.07, 6.45) is -2.34. The van der Waals surface area contributed by atoms with Crippen LogP contribution >= 0.6 is 0 Å². The van der Waals surface area contributed by atoms with E-state index in [-0.39, 0.29) is 12.2 Å². The van der Waals surface area contributed by atoms with Gasteiger partial charge in [-0.1, -0.05) is 6.08 Å². The second-order valence-electron chi connectivity index (χ2n) is 2.90. The van der Waals surface area contributed by atoms with Crippen LogP contribution < -0.4 is 5.73 Å². The van der Waals surface area contributed by atoms with Crippen molar-refractivity contribution in [1.82, 2.24) is 0 Å². The van der Waals surface area contributed by atoms with Crippen LogP contribution in [0.3, 0.4) is 0 Å². The first-order chi connectivity index (χ1) is 5.57. The Labute approximate surface area is 69.8 Å². The van der Waals surface area contributed by atoms with E-state index in [1.165, 1.54) is 6.08 Å². The topological polar surface area (TPSA) is 107 Å². The molecule has 0 saturated heterocycles. The maximum atomic E-state index is 9.23. The van der Waals surface area contributed by atoms with Gasteiger partial charge in [0.05, 0.1) is 12.6 Å². The number of rotatable bonds is 1. The van der Waals surface area contributed by atoms with Crippen LogP contribution in [0.25, 0.3) is 0 Å². The van der Waals surface area contributed by atoms with E-state index in [4.69, 9.17) is 15.9 Å². The monoisotopic (exact) mass is 175 g/mol. The molecule has 5 nitrogen and oxygen atoms in total. The third-order valence-corrected chi connectivity index (χ3v) is 2.04. The molecular weight excluding hydrogens is 162 g/mol. The lowest BCUT2D eigenvalue weighted by Gasteiger charge is -2.32. The van der Waals surface area contributed by atoms with Gasteiger partial charge in [-0.3, -0.25) is 0 Å². The number of hydrogen-bond acceptors (Lipinski definition) is 5. The maximum absolute atomic E-state index is 9.23. The minimum absolute atomic E-state index is 0.250. The maximum Gasteiger partial charge on any atom is 0.111 e. The van der Waals surface area contributed by atoms with Gasteiger partial charge in [0.1, 0.15) is 18.3 Å². The molecule has 1 unspecified atom stereocenters. The van der Waals surface area contributed by atoms with Gasteiger partial charge in [-0.15, -0.1) is 0 Å². The summed E-state index contributed by atoms with van der Waals surface area (Å²) in [5, 5.41) is 36.3. The third kappa shape index (κ3) is 1.50. The quantitative estimate of drug-likeness (QED) is 0.279. The highest BCUT2D eigenvalue weighted by molar-refractivity contribution is 5.20. The highest BCUT2D eigenvalue weighted by Crippen LogP contribution is 2.18. The van der Waals surface area contributed by atoms with Gasteiger partial charge < -0.3 is 26.2 Å². The fraction of sp³-hybridized carbons (Fsp3) is 0.714. The summed E-state index contributed by atoms with van der Waals surface area (Å²) >= 11 is 0. The summed E-state index contributed by atoms with van der Waals surface area (Å²) in [6, 6.07) is -0.731. The Balaban J connectivity index is 2.84. The van der Waals surface area contributed by atoms with E-state index in [1.54, 1.807) is 0 Å². The van der Waals surface area contributed by atoms with Crippen LogP contribution in [0.2, 0.25) is 0 Å². The summed E-state index contributed by atoms with van der Waals surface area (Å²) in [6.45, 7) is -0.362. The summed E-state index contributed by atoms with van der Waals surface area (Å²) in [5.74, 6) is 0. The summed E-state index contributed by atoms with van der Waals surface area (Å²) < 4.78 is 0. The van der Waals surface area contributed by atoms with Crippen molar-refractivity contribution in [2.45, 2.75) is 24.4 Å². The fourth-order valence-electron chi connectivity index (χ4n) is 1.22. The molecule has 6 N–H and O–H groups in total. The first-order valence-corrected chi connectivity index (χ1v) is 3.69. The van der Waals surface area contributed by atoms with Crippen LogP contribution in [0.4, 0.5) is 0 Å². The lowest BCUT2D eigenvalue weighted by Crippen LogP contribution is -2.52. The Hall–Kier alpha value is -0.460. The molecule has 4 atom stereocenters. The zero-order chi connectivity index (χ0) is 9.30. The molecule has 0 aliphatic heterocycles. The van der Waals surface area contributed by atoms with E-state index >= 15 is 0 Å². The molecule has 0 aromatic heterocycles. The Kier molecular flexibility index (Phi) is 2.81. The second kappa shape index (κ2) is 3.51. The molecule has 0 fully saturated rings. The molecule has 0 amide bonds. The number of nitrogens with two attached hydrogens (primary N) is 1. The van der Waals surface area contributed by atoms with Gasteiger partial charge in [0.2, 0.25) is 0 Å².